The van der Waals surface area contributed by atoms with Gasteiger partial charge in [0.15, 0.2) is 0 Å². The highest BCUT2D eigenvalue weighted by Crippen LogP contribution is 2.13. The molecule has 0 aliphatic heterocycles. The van der Waals surface area contributed by atoms with Crippen LogP contribution >= 0.6 is 0 Å². The highest BCUT2D eigenvalue weighted by molar-refractivity contribution is 5.22. The van der Waals surface area contributed by atoms with Crippen LogP contribution in [0.15, 0.2) is 24.3 Å². The number of benzene rings is 1. The summed E-state index contributed by atoms with van der Waals surface area (Å²) < 4.78 is 0. The molecule has 0 saturated heterocycles. The monoisotopic (exact) mass is 284 g/mol. The molecule has 116 valence electrons. The molecule has 21 heavy (non-hydrogen) atoms. The molecule has 1 aromatic rings. The van der Waals surface area contributed by atoms with E-state index in [0.717, 1.165) is 19.3 Å². The average Bonchev–Trinajstić information content (AvgIpc) is 2.52. The van der Waals surface area contributed by atoms with Gasteiger partial charge in [-0.25, -0.2) is 0 Å². The largest absolute Gasteiger partial charge is 0.120 e. The summed E-state index contributed by atoms with van der Waals surface area (Å²) in [6.07, 6.45) is 20.8. The first kappa shape index (κ1) is 17.8. The van der Waals surface area contributed by atoms with Crippen LogP contribution in [0.25, 0.3) is 0 Å². The summed E-state index contributed by atoms with van der Waals surface area (Å²) >= 11 is 0. The molecule has 0 N–H and O–H groups in total. The molecule has 0 atom stereocenters. The van der Waals surface area contributed by atoms with Gasteiger partial charge in [-0.15, -0.1) is 12.3 Å². The zero-order chi connectivity index (χ0) is 15.2. The highest BCUT2D eigenvalue weighted by Gasteiger charge is 1.96. The third kappa shape index (κ3) is 9.35. The summed E-state index contributed by atoms with van der Waals surface area (Å²) in [6.45, 7) is 2.28. The van der Waals surface area contributed by atoms with Crippen molar-refractivity contribution in [1.82, 2.24) is 0 Å². The van der Waals surface area contributed by atoms with Crippen molar-refractivity contribution in [2.75, 3.05) is 0 Å². The van der Waals surface area contributed by atoms with E-state index in [4.69, 9.17) is 6.42 Å². The molecule has 0 fully saturated rings. The normalized spacial score (nSPS) is 10.5. The molecule has 0 radical (unpaired) electrons. The third-order valence-electron chi connectivity index (χ3n) is 4.13. The Hall–Kier alpha value is -1.22. The van der Waals surface area contributed by atoms with Crippen LogP contribution in [0.3, 0.4) is 0 Å². The standard InChI is InChI=1S/C21H32/c1-3-5-7-8-9-10-11-13-15-21-18-16-20(17-19-21)14-12-6-4-2/h2,16-19H,3,5-15H2,1H3. The van der Waals surface area contributed by atoms with Gasteiger partial charge in [0, 0.05) is 6.42 Å². The lowest BCUT2D eigenvalue weighted by atomic mass is 10.0. The summed E-state index contributed by atoms with van der Waals surface area (Å²) in [7, 11) is 0. The van der Waals surface area contributed by atoms with E-state index < -0.39 is 0 Å². The van der Waals surface area contributed by atoms with Gasteiger partial charge in [0.05, 0.1) is 0 Å². The number of rotatable bonds is 12. The van der Waals surface area contributed by atoms with Crippen LogP contribution in [-0.4, -0.2) is 0 Å². The van der Waals surface area contributed by atoms with E-state index >= 15 is 0 Å². The molecule has 1 rings (SSSR count). The van der Waals surface area contributed by atoms with E-state index in [1.54, 1.807) is 0 Å². The fraction of sp³-hybridized carbons (Fsp3) is 0.619. The van der Waals surface area contributed by atoms with Crippen molar-refractivity contribution in [3.8, 4) is 12.3 Å². The highest BCUT2D eigenvalue weighted by atomic mass is 14.0. The maximum Gasteiger partial charge on any atom is 0.00892 e. The molecular weight excluding hydrogens is 252 g/mol. The van der Waals surface area contributed by atoms with E-state index in [2.05, 4.69) is 37.1 Å². The molecule has 0 amide bonds. The van der Waals surface area contributed by atoms with Crippen LogP contribution in [0.4, 0.5) is 0 Å². The molecule has 0 saturated carbocycles. The Morgan fingerprint density at radius 1 is 0.714 bits per heavy atom. The molecule has 0 aromatic heterocycles. The van der Waals surface area contributed by atoms with Crippen LogP contribution in [0.1, 0.15) is 82.3 Å². The Balaban J connectivity index is 2.06. The Labute approximate surface area is 132 Å². The van der Waals surface area contributed by atoms with Gasteiger partial charge in [0.1, 0.15) is 0 Å². The van der Waals surface area contributed by atoms with Crippen LogP contribution in [0.5, 0.6) is 0 Å². The smallest absolute Gasteiger partial charge is 0.00892 e. The van der Waals surface area contributed by atoms with Crippen LogP contribution < -0.4 is 0 Å². The van der Waals surface area contributed by atoms with Crippen molar-refractivity contribution in [3.05, 3.63) is 35.4 Å². The molecule has 0 heteroatoms. The van der Waals surface area contributed by atoms with Gasteiger partial charge < -0.3 is 0 Å². The quantitative estimate of drug-likeness (QED) is 0.311. The maximum atomic E-state index is 5.28. The minimum absolute atomic E-state index is 0.889. The molecule has 0 aliphatic rings. The fourth-order valence-corrected chi connectivity index (χ4v) is 2.73. The summed E-state index contributed by atoms with van der Waals surface area (Å²) in [5.41, 5.74) is 2.91. The number of hydrogen-bond acceptors (Lipinski definition) is 0. The summed E-state index contributed by atoms with van der Waals surface area (Å²) in [5.74, 6) is 2.71. The summed E-state index contributed by atoms with van der Waals surface area (Å²) in [4.78, 5) is 0. The lowest BCUT2D eigenvalue weighted by Crippen LogP contribution is -1.89. The van der Waals surface area contributed by atoms with Gasteiger partial charge in [-0.1, -0.05) is 76.1 Å². The predicted octanol–water partition coefficient (Wildman–Crippen LogP) is 6.33. The van der Waals surface area contributed by atoms with Crippen molar-refractivity contribution >= 4 is 0 Å². The average molecular weight is 284 g/mol. The van der Waals surface area contributed by atoms with E-state index in [1.807, 2.05) is 0 Å². The van der Waals surface area contributed by atoms with Crippen molar-refractivity contribution in [1.29, 1.82) is 0 Å². The van der Waals surface area contributed by atoms with Gasteiger partial charge in [0.25, 0.3) is 0 Å². The summed E-state index contributed by atoms with van der Waals surface area (Å²) in [6, 6.07) is 9.14. The van der Waals surface area contributed by atoms with E-state index in [1.165, 1.54) is 68.9 Å². The van der Waals surface area contributed by atoms with Gasteiger partial charge in [-0.3, -0.25) is 0 Å². The van der Waals surface area contributed by atoms with Crippen LogP contribution in [-0.2, 0) is 12.8 Å². The van der Waals surface area contributed by atoms with Gasteiger partial charge in [-0.2, -0.15) is 0 Å². The molecule has 0 unspecified atom stereocenters. The molecule has 0 aliphatic carbocycles. The third-order valence-corrected chi connectivity index (χ3v) is 4.13. The fourth-order valence-electron chi connectivity index (χ4n) is 2.73. The number of hydrogen-bond donors (Lipinski definition) is 0. The lowest BCUT2D eigenvalue weighted by molar-refractivity contribution is 0.575. The molecular formula is C21H32. The molecule has 0 heterocycles. The van der Waals surface area contributed by atoms with E-state index in [0.29, 0.717) is 0 Å². The van der Waals surface area contributed by atoms with Crippen molar-refractivity contribution in [3.63, 3.8) is 0 Å². The molecule has 0 bridgehead atoms. The number of aryl methyl sites for hydroxylation is 2. The topological polar surface area (TPSA) is 0 Å². The molecule has 1 aromatic carbocycles. The maximum absolute atomic E-state index is 5.28. The summed E-state index contributed by atoms with van der Waals surface area (Å²) in [5, 5.41) is 0. The molecule has 0 nitrogen and oxygen atoms in total. The second-order valence-electron chi connectivity index (χ2n) is 6.10. The Morgan fingerprint density at radius 2 is 1.19 bits per heavy atom. The van der Waals surface area contributed by atoms with Crippen molar-refractivity contribution < 1.29 is 0 Å². The Bertz CT molecular complexity index is 379. The van der Waals surface area contributed by atoms with E-state index in [-0.39, 0.29) is 0 Å². The van der Waals surface area contributed by atoms with Gasteiger partial charge >= 0.3 is 0 Å². The Morgan fingerprint density at radius 3 is 1.71 bits per heavy atom. The number of unbranched alkanes of at least 4 members (excludes halogenated alkanes) is 8. The second kappa shape index (κ2) is 12.5. The zero-order valence-corrected chi connectivity index (χ0v) is 13.9. The lowest BCUT2D eigenvalue weighted by Gasteiger charge is -2.04. The molecule has 0 spiro atoms. The van der Waals surface area contributed by atoms with Crippen LogP contribution in [0, 0.1) is 12.3 Å². The number of terminal acetylenes is 1. The Kier molecular flexibility index (Phi) is 10.6. The first-order valence-electron chi connectivity index (χ1n) is 8.88. The van der Waals surface area contributed by atoms with Gasteiger partial charge in [-0.05, 0) is 36.8 Å². The predicted molar refractivity (Wildman–Crippen MR) is 94.5 cm³/mol. The van der Waals surface area contributed by atoms with E-state index in [9.17, 15) is 0 Å². The van der Waals surface area contributed by atoms with Crippen molar-refractivity contribution in [2.24, 2.45) is 0 Å². The minimum atomic E-state index is 0.889. The first-order chi connectivity index (χ1) is 10.4. The SMILES string of the molecule is C#CCCCc1ccc(CCCCCCCCCC)cc1. The van der Waals surface area contributed by atoms with Crippen molar-refractivity contribution in [2.45, 2.75) is 84.0 Å². The first-order valence-corrected chi connectivity index (χ1v) is 8.88. The van der Waals surface area contributed by atoms with Gasteiger partial charge in [0.2, 0.25) is 0 Å². The minimum Gasteiger partial charge on any atom is -0.120 e. The zero-order valence-electron chi connectivity index (χ0n) is 13.9. The second-order valence-corrected chi connectivity index (χ2v) is 6.10. The van der Waals surface area contributed by atoms with Crippen LogP contribution in [0.2, 0.25) is 0 Å².